The number of hydrogen-bond acceptors (Lipinski definition) is 4. The maximum absolute atomic E-state index is 12.8. The summed E-state index contributed by atoms with van der Waals surface area (Å²) < 4.78 is 5.34. The van der Waals surface area contributed by atoms with E-state index in [0.717, 1.165) is 11.1 Å². The predicted molar refractivity (Wildman–Crippen MR) is 124 cm³/mol. The molecule has 0 radical (unpaired) electrons. The van der Waals surface area contributed by atoms with Crippen molar-refractivity contribution < 1.29 is 14.3 Å². The van der Waals surface area contributed by atoms with E-state index in [-0.39, 0.29) is 24.3 Å². The Morgan fingerprint density at radius 3 is 2.42 bits per heavy atom. The van der Waals surface area contributed by atoms with E-state index < -0.39 is 0 Å². The Morgan fingerprint density at radius 1 is 1.10 bits per heavy atom. The molecule has 2 amide bonds. The Balaban J connectivity index is 1.56. The van der Waals surface area contributed by atoms with Gasteiger partial charge in [0, 0.05) is 42.3 Å². The number of carbonyl (C=O) groups is 2. The first-order chi connectivity index (χ1) is 14.8. The fraction of sp³-hybridized carbons (Fsp3) is 0.391. The van der Waals surface area contributed by atoms with E-state index in [4.69, 9.17) is 27.9 Å². The van der Waals surface area contributed by atoms with Gasteiger partial charge in [0.15, 0.2) is 0 Å². The normalized spacial score (nSPS) is 15.5. The molecule has 1 N–H and O–H groups in total. The highest BCUT2D eigenvalue weighted by molar-refractivity contribution is 6.32. The van der Waals surface area contributed by atoms with Crippen molar-refractivity contribution in [1.82, 2.24) is 9.80 Å². The number of aryl methyl sites for hydroxylation is 1. The Labute approximate surface area is 193 Å². The monoisotopic (exact) mass is 463 g/mol. The average molecular weight is 464 g/mol. The van der Waals surface area contributed by atoms with Crippen LogP contribution < -0.4 is 10.1 Å². The summed E-state index contributed by atoms with van der Waals surface area (Å²) in [6.07, 6.45) is 0.283. The number of nitrogens with zero attached hydrogens (tertiary/aromatic N) is 2. The Hall–Kier alpha value is -2.28. The molecule has 2 aromatic rings. The highest BCUT2D eigenvalue weighted by atomic mass is 35.5. The number of rotatable bonds is 6. The minimum absolute atomic E-state index is 0.0474. The second-order valence-corrected chi connectivity index (χ2v) is 8.47. The highest BCUT2D eigenvalue weighted by Gasteiger charge is 2.28. The number of halogens is 2. The molecule has 3 rings (SSSR count). The van der Waals surface area contributed by atoms with Gasteiger partial charge in [0.2, 0.25) is 11.8 Å². The number of anilines is 1. The van der Waals surface area contributed by atoms with Crippen molar-refractivity contribution in [2.75, 3.05) is 38.6 Å². The lowest BCUT2D eigenvalue weighted by Crippen LogP contribution is -2.54. The Kier molecular flexibility index (Phi) is 7.81. The van der Waals surface area contributed by atoms with E-state index >= 15 is 0 Å². The standard InChI is InChI=1S/C23H27Cl2N3O3/c1-15-12-20(21(31-3)14-19(15)25)26-23(30)16(2)27-8-10-28(11-9-27)22(29)13-17-6-4-5-7-18(17)24/h4-7,12,14,16H,8-11,13H2,1-3H3,(H,26,30). The number of amides is 2. The van der Waals surface area contributed by atoms with Crippen molar-refractivity contribution in [2.45, 2.75) is 26.3 Å². The van der Waals surface area contributed by atoms with Crippen LogP contribution in [0.4, 0.5) is 5.69 Å². The number of benzene rings is 2. The minimum Gasteiger partial charge on any atom is -0.495 e. The number of piperazine rings is 1. The Bertz CT molecular complexity index is 959. The quantitative estimate of drug-likeness (QED) is 0.702. The van der Waals surface area contributed by atoms with Crippen molar-refractivity contribution >= 4 is 40.7 Å². The molecular weight excluding hydrogens is 437 g/mol. The fourth-order valence-corrected chi connectivity index (χ4v) is 3.96. The lowest BCUT2D eigenvalue weighted by Gasteiger charge is -2.37. The molecule has 166 valence electrons. The first kappa shape index (κ1) is 23.4. The second kappa shape index (κ2) is 10.4. The van der Waals surface area contributed by atoms with E-state index in [2.05, 4.69) is 10.2 Å². The summed E-state index contributed by atoms with van der Waals surface area (Å²) in [4.78, 5) is 29.4. The number of methoxy groups -OCH3 is 1. The summed E-state index contributed by atoms with van der Waals surface area (Å²) in [6, 6.07) is 10.5. The summed E-state index contributed by atoms with van der Waals surface area (Å²) in [5.74, 6) is 0.438. The van der Waals surface area contributed by atoms with Crippen LogP contribution in [0.15, 0.2) is 36.4 Å². The summed E-state index contributed by atoms with van der Waals surface area (Å²) in [7, 11) is 1.54. The van der Waals surface area contributed by atoms with Crippen LogP contribution in [0.3, 0.4) is 0 Å². The molecule has 0 bridgehead atoms. The van der Waals surface area contributed by atoms with Gasteiger partial charge in [-0.3, -0.25) is 14.5 Å². The van der Waals surface area contributed by atoms with E-state index in [1.165, 1.54) is 0 Å². The molecule has 1 heterocycles. The third-order valence-corrected chi connectivity index (χ3v) is 6.41. The number of nitrogens with one attached hydrogen (secondary N) is 1. The molecule has 1 aliphatic heterocycles. The molecule has 0 aromatic heterocycles. The molecule has 8 heteroatoms. The number of carbonyl (C=O) groups excluding carboxylic acids is 2. The van der Waals surface area contributed by atoms with E-state index in [1.54, 1.807) is 25.3 Å². The maximum atomic E-state index is 12.8. The molecule has 1 unspecified atom stereocenters. The molecular formula is C23H27Cl2N3O3. The van der Waals surface area contributed by atoms with Gasteiger partial charge in [-0.15, -0.1) is 0 Å². The Morgan fingerprint density at radius 2 is 1.77 bits per heavy atom. The van der Waals surface area contributed by atoms with Gasteiger partial charge in [-0.25, -0.2) is 0 Å². The summed E-state index contributed by atoms with van der Waals surface area (Å²) >= 11 is 12.3. The average Bonchev–Trinajstić information content (AvgIpc) is 2.77. The highest BCUT2D eigenvalue weighted by Crippen LogP contribution is 2.31. The lowest BCUT2D eigenvalue weighted by molar-refractivity contribution is -0.133. The van der Waals surface area contributed by atoms with Gasteiger partial charge < -0.3 is 15.0 Å². The van der Waals surface area contributed by atoms with Crippen LogP contribution in [0.25, 0.3) is 0 Å². The van der Waals surface area contributed by atoms with Gasteiger partial charge in [-0.1, -0.05) is 41.4 Å². The lowest BCUT2D eigenvalue weighted by atomic mass is 10.1. The molecule has 1 aliphatic rings. The van der Waals surface area contributed by atoms with Gasteiger partial charge >= 0.3 is 0 Å². The zero-order chi connectivity index (χ0) is 22.5. The van der Waals surface area contributed by atoms with Crippen LogP contribution in [0.1, 0.15) is 18.1 Å². The number of hydrogen-bond donors (Lipinski definition) is 1. The SMILES string of the molecule is COc1cc(Cl)c(C)cc1NC(=O)C(C)N1CCN(C(=O)Cc2ccccc2Cl)CC1. The third-order valence-electron chi connectivity index (χ3n) is 5.63. The van der Waals surface area contributed by atoms with E-state index in [9.17, 15) is 9.59 Å². The third kappa shape index (κ3) is 5.70. The predicted octanol–water partition coefficient (Wildman–Crippen LogP) is 4.02. The maximum Gasteiger partial charge on any atom is 0.241 e. The van der Waals surface area contributed by atoms with Gasteiger partial charge in [0.25, 0.3) is 0 Å². The smallest absolute Gasteiger partial charge is 0.241 e. The molecule has 2 aromatic carbocycles. The molecule has 0 spiro atoms. The van der Waals surface area contributed by atoms with Gasteiger partial charge in [-0.05, 0) is 37.1 Å². The van der Waals surface area contributed by atoms with Crippen LogP contribution >= 0.6 is 23.2 Å². The first-order valence-electron chi connectivity index (χ1n) is 10.2. The second-order valence-electron chi connectivity index (χ2n) is 7.65. The largest absolute Gasteiger partial charge is 0.495 e. The van der Waals surface area contributed by atoms with Crippen molar-refractivity contribution in [2.24, 2.45) is 0 Å². The fourth-order valence-electron chi connectivity index (χ4n) is 3.61. The molecule has 1 atom stereocenters. The summed E-state index contributed by atoms with van der Waals surface area (Å²) in [5.41, 5.74) is 2.28. The summed E-state index contributed by atoms with van der Waals surface area (Å²) in [6.45, 7) is 6.14. The van der Waals surface area contributed by atoms with Gasteiger partial charge in [0.1, 0.15) is 5.75 Å². The minimum atomic E-state index is -0.346. The number of ether oxygens (including phenoxy) is 1. The van der Waals surface area contributed by atoms with Crippen LogP contribution in [-0.4, -0.2) is 60.9 Å². The van der Waals surface area contributed by atoms with Gasteiger partial charge in [0.05, 0.1) is 25.3 Å². The molecule has 1 fully saturated rings. The van der Waals surface area contributed by atoms with Gasteiger partial charge in [-0.2, -0.15) is 0 Å². The van der Waals surface area contributed by atoms with Crippen molar-refractivity contribution in [1.29, 1.82) is 0 Å². The molecule has 6 nitrogen and oxygen atoms in total. The van der Waals surface area contributed by atoms with Crippen LogP contribution in [0, 0.1) is 6.92 Å². The van der Waals surface area contributed by atoms with Crippen molar-refractivity contribution in [3.63, 3.8) is 0 Å². The summed E-state index contributed by atoms with van der Waals surface area (Å²) in [5, 5.41) is 4.13. The van der Waals surface area contributed by atoms with Crippen LogP contribution in [0.2, 0.25) is 10.0 Å². The molecule has 0 saturated carbocycles. The zero-order valence-electron chi connectivity index (χ0n) is 18.0. The first-order valence-corrected chi connectivity index (χ1v) is 11.0. The van der Waals surface area contributed by atoms with Crippen LogP contribution in [0.5, 0.6) is 5.75 Å². The van der Waals surface area contributed by atoms with Crippen LogP contribution in [-0.2, 0) is 16.0 Å². The molecule has 0 aliphatic carbocycles. The zero-order valence-corrected chi connectivity index (χ0v) is 19.5. The molecule has 31 heavy (non-hydrogen) atoms. The molecule has 1 saturated heterocycles. The van der Waals surface area contributed by atoms with Crippen molar-refractivity contribution in [3.8, 4) is 5.75 Å². The van der Waals surface area contributed by atoms with Crippen molar-refractivity contribution in [3.05, 3.63) is 57.6 Å². The van der Waals surface area contributed by atoms with E-state index in [0.29, 0.717) is 47.7 Å². The topological polar surface area (TPSA) is 61.9 Å². The van der Waals surface area contributed by atoms with E-state index in [1.807, 2.05) is 36.9 Å².